The Morgan fingerprint density at radius 2 is 1.08 bits per heavy atom. The minimum absolute atomic E-state index is 0.0452. The summed E-state index contributed by atoms with van der Waals surface area (Å²) in [6, 6.07) is 11.2. The molecule has 0 spiro atoms. The third-order valence-electron chi connectivity index (χ3n) is 3.05. The zero-order chi connectivity index (χ0) is 17.9. The number of benzene rings is 2. The highest BCUT2D eigenvalue weighted by Crippen LogP contribution is 2.25. The van der Waals surface area contributed by atoms with Crippen molar-refractivity contribution < 1.29 is 28.2 Å². The van der Waals surface area contributed by atoms with E-state index < -0.39 is 33.5 Å². The number of aromatic carboxylic acids is 2. The molecule has 2 aromatic carbocycles. The summed E-state index contributed by atoms with van der Waals surface area (Å²) in [5.74, 6) is -2.55. The molecule has 0 saturated heterocycles. The van der Waals surface area contributed by atoms with E-state index in [1.54, 1.807) is 0 Å². The summed E-state index contributed by atoms with van der Waals surface area (Å²) < 4.78 is 24.9. The molecule has 2 rings (SSSR count). The SMILES string of the molecule is C=C(S(=O)c1ccccc1C(=O)O)S(=O)c1ccccc1C(=O)O. The van der Waals surface area contributed by atoms with Crippen LogP contribution < -0.4 is 0 Å². The van der Waals surface area contributed by atoms with Gasteiger partial charge in [-0.25, -0.2) is 18.0 Å². The lowest BCUT2D eigenvalue weighted by atomic mass is 10.2. The smallest absolute Gasteiger partial charge is 0.336 e. The first-order valence-electron chi connectivity index (χ1n) is 6.51. The topological polar surface area (TPSA) is 109 Å². The van der Waals surface area contributed by atoms with Crippen LogP contribution in [-0.2, 0) is 21.6 Å². The fraction of sp³-hybridized carbons (Fsp3) is 0. The van der Waals surface area contributed by atoms with Crippen LogP contribution >= 0.6 is 0 Å². The molecule has 0 radical (unpaired) electrons. The molecule has 0 aliphatic carbocycles. The van der Waals surface area contributed by atoms with E-state index in [0.717, 1.165) is 0 Å². The van der Waals surface area contributed by atoms with Gasteiger partial charge < -0.3 is 10.2 Å². The van der Waals surface area contributed by atoms with E-state index in [2.05, 4.69) is 6.58 Å². The molecule has 0 saturated carbocycles. The maximum atomic E-state index is 12.6. The van der Waals surface area contributed by atoms with Crippen LogP contribution in [0.5, 0.6) is 0 Å². The minimum atomic E-state index is -2.08. The van der Waals surface area contributed by atoms with Crippen LogP contribution in [-0.4, -0.2) is 30.6 Å². The fourth-order valence-corrected chi connectivity index (χ4v) is 4.62. The Labute approximate surface area is 142 Å². The van der Waals surface area contributed by atoms with Crippen molar-refractivity contribution in [3.05, 3.63) is 70.5 Å². The normalized spacial score (nSPS) is 13.0. The van der Waals surface area contributed by atoms with E-state index in [4.69, 9.17) is 10.2 Å². The molecule has 24 heavy (non-hydrogen) atoms. The molecule has 2 N–H and O–H groups in total. The molecule has 2 atom stereocenters. The van der Waals surface area contributed by atoms with Crippen LogP contribution in [0.4, 0.5) is 0 Å². The van der Waals surface area contributed by atoms with Gasteiger partial charge >= 0.3 is 11.9 Å². The Kier molecular flexibility index (Phi) is 5.42. The summed E-state index contributed by atoms with van der Waals surface area (Å²) in [5, 5.41) is 18.3. The number of carbonyl (C=O) groups is 2. The molecule has 2 unspecified atom stereocenters. The molecule has 0 amide bonds. The highest BCUT2D eigenvalue weighted by molar-refractivity contribution is 8.08. The van der Waals surface area contributed by atoms with E-state index in [1.165, 1.54) is 48.5 Å². The lowest BCUT2D eigenvalue weighted by Crippen LogP contribution is -2.10. The van der Waals surface area contributed by atoms with Crippen LogP contribution in [0.25, 0.3) is 0 Å². The Morgan fingerprint density at radius 3 is 1.42 bits per heavy atom. The van der Waals surface area contributed by atoms with Crippen LogP contribution in [0.1, 0.15) is 20.7 Å². The van der Waals surface area contributed by atoms with Crippen molar-refractivity contribution in [2.45, 2.75) is 9.79 Å². The van der Waals surface area contributed by atoms with E-state index in [9.17, 15) is 18.0 Å². The second kappa shape index (κ2) is 7.33. The number of carboxylic acid groups (broad SMARTS) is 2. The molecular weight excluding hydrogens is 352 g/mol. The first kappa shape index (κ1) is 17.8. The number of carboxylic acids is 2. The van der Waals surface area contributed by atoms with Gasteiger partial charge in [0.15, 0.2) is 0 Å². The Morgan fingerprint density at radius 1 is 0.750 bits per heavy atom. The van der Waals surface area contributed by atoms with E-state index in [0.29, 0.717) is 0 Å². The van der Waals surface area contributed by atoms with E-state index >= 15 is 0 Å². The van der Waals surface area contributed by atoms with Crippen molar-refractivity contribution >= 4 is 33.5 Å². The second-order valence-electron chi connectivity index (χ2n) is 4.51. The van der Waals surface area contributed by atoms with Gasteiger partial charge in [-0.15, -0.1) is 0 Å². The number of rotatable bonds is 6. The molecule has 0 aliphatic heterocycles. The fourth-order valence-electron chi connectivity index (χ4n) is 1.92. The standard InChI is InChI=1S/C16H12O6S2/c1-10(23(21)13-8-4-2-6-11(13)15(17)18)24(22)14-9-5-3-7-12(14)16(19)20/h2-9H,1H2,(H,17,18)(H,19,20). The van der Waals surface area contributed by atoms with Crippen molar-refractivity contribution in [3.63, 3.8) is 0 Å². The van der Waals surface area contributed by atoms with Crippen molar-refractivity contribution in [2.24, 2.45) is 0 Å². The van der Waals surface area contributed by atoms with E-state index in [-0.39, 0.29) is 25.2 Å². The quantitative estimate of drug-likeness (QED) is 0.815. The van der Waals surface area contributed by atoms with Crippen molar-refractivity contribution in [2.75, 3.05) is 0 Å². The third-order valence-corrected chi connectivity index (χ3v) is 6.29. The number of hydrogen-bond acceptors (Lipinski definition) is 4. The Hall–Kier alpha value is -2.58. The molecule has 124 valence electrons. The van der Waals surface area contributed by atoms with Crippen molar-refractivity contribution in [1.82, 2.24) is 0 Å². The molecule has 6 nitrogen and oxygen atoms in total. The van der Waals surface area contributed by atoms with Gasteiger partial charge in [-0.05, 0) is 24.3 Å². The molecule has 0 aromatic heterocycles. The average molecular weight is 364 g/mol. The van der Waals surface area contributed by atoms with Crippen LogP contribution in [0, 0.1) is 0 Å². The third kappa shape index (κ3) is 3.50. The van der Waals surface area contributed by atoms with Gasteiger partial charge in [-0.2, -0.15) is 0 Å². The van der Waals surface area contributed by atoms with Gasteiger partial charge in [0, 0.05) is 0 Å². The first-order chi connectivity index (χ1) is 11.3. The second-order valence-corrected chi connectivity index (χ2v) is 7.71. The van der Waals surface area contributed by atoms with Crippen LogP contribution in [0.15, 0.2) is 69.1 Å². The van der Waals surface area contributed by atoms with Gasteiger partial charge in [-0.1, -0.05) is 30.8 Å². The molecule has 0 aliphatic rings. The Balaban J connectivity index is 2.43. The summed E-state index contributed by atoms with van der Waals surface area (Å²) >= 11 is 0. The summed E-state index contributed by atoms with van der Waals surface area (Å²) in [4.78, 5) is 22.3. The average Bonchev–Trinajstić information content (AvgIpc) is 2.59. The summed E-state index contributed by atoms with van der Waals surface area (Å²) in [6.45, 7) is 3.52. The Bertz CT molecular complexity index is 816. The first-order valence-corrected chi connectivity index (χ1v) is 8.81. The highest BCUT2D eigenvalue weighted by Gasteiger charge is 2.24. The lowest BCUT2D eigenvalue weighted by molar-refractivity contribution is 0.0682. The number of hydrogen-bond donors (Lipinski definition) is 2. The van der Waals surface area contributed by atoms with Gasteiger partial charge in [0.05, 0.1) is 42.5 Å². The zero-order valence-electron chi connectivity index (χ0n) is 12.2. The molecular formula is C16H12O6S2. The zero-order valence-corrected chi connectivity index (χ0v) is 13.8. The molecule has 0 fully saturated rings. The monoisotopic (exact) mass is 364 g/mol. The summed E-state index contributed by atoms with van der Waals surface area (Å²) in [7, 11) is -4.16. The minimum Gasteiger partial charge on any atom is -0.478 e. The van der Waals surface area contributed by atoms with Crippen LogP contribution in [0.3, 0.4) is 0 Å². The predicted octanol–water partition coefficient (Wildman–Crippen LogP) is 2.47. The highest BCUT2D eigenvalue weighted by atomic mass is 32.2. The van der Waals surface area contributed by atoms with Gasteiger partial charge in [0.2, 0.25) is 0 Å². The summed E-state index contributed by atoms with van der Waals surface area (Å²) in [6.07, 6.45) is 0. The molecule has 0 heterocycles. The van der Waals surface area contributed by atoms with Gasteiger partial charge in [0.1, 0.15) is 4.24 Å². The van der Waals surface area contributed by atoms with Crippen molar-refractivity contribution in [3.8, 4) is 0 Å². The maximum absolute atomic E-state index is 12.6. The van der Waals surface area contributed by atoms with Crippen molar-refractivity contribution in [1.29, 1.82) is 0 Å². The lowest BCUT2D eigenvalue weighted by Gasteiger charge is -2.10. The molecule has 2 aromatic rings. The van der Waals surface area contributed by atoms with E-state index in [1.807, 2.05) is 0 Å². The van der Waals surface area contributed by atoms with Gasteiger partial charge in [0.25, 0.3) is 0 Å². The maximum Gasteiger partial charge on any atom is 0.336 e. The summed E-state index contributed by atoms with van der Waals surface area (Å²) in [5.41, 5.74) is -0.388. The largest absolute Gasteiger partial charge is 0.478 e. The predicted molar refractivity (Wildman–Crippen MR) is 88.8 cm³/mol. The van der Waals surface area contributed by atoms with Gasteiger partial charge in [-0.3, -0.25) is 0 Å². The molecule has 0 bridgehead atoms. The van der Waals surface area contributed by atoms with Crippen LogP contribution in [0.2, 0.25) is 0 Å². The molecule has 8 heteroatoms.